The summed E-state index contributed by atoms with van der Waals surface area (Å²) in [5.41, 5.74) is -0.250. The molecule has 3 heterocycles. The summed E-state index contributed by atoms with van der Waals surface area (Å²) >= 11 is 1.58. The Morgan fingerprint density at radius 2 is 2.15 bits per heavy atom. The molecule has 2 N–H and O–H groups in total. The third-order valence-electron chi connectivity index (χ3n) is 3.84. The Morgan fingerprint density at radius 1 is 1.40 bits per heavy atom. The number of nitrogens with one attached hydrogen (secondary N) is 2. The fourth-order valence-corrected chi connectivity index (χ4v) is 3.73. The molecule has 20 heavy (non-hydrogen) atoms. The summed E-state index contributed by atoms with van der Waals surface area (Å²) < 4.78 is 0. The molecule has 0 unspecified atom stereocenters. The molecule has 3 rings (SSSR count). The van der Waals surface area contributed by atoms with E-state index in [9.17, 15) is 14.4 Å². The van der Waals surface area contributed by atoms with E-state index in [0.717, 1.165) is 9.75 Å². The van der Waals surface area contributed by atoms with E-state index in [2.05, 4.69) is 10.6 Å². The lowest BCUT2D eigenvalue weighted by atomic mass is 9.99. The summed E-state index contributed by atoms with van der Waals surface area (Å²) in [4.78, 5) is 39.3. The third-order valence-corrected chi connectivity index (χ3v) is 4.81. The van der Waals surface area contributed by atoms with Gasteiger partial charge in [0.2, 0.25) is 0 Å². The van der Waals surface area contributed by atoms with Gasteiger partial charge in [-0.15, -0.1) is 11.3 Å². The molecule has 0 aliphatic carbocycles. The maximum Gasteiger partial charge on any atom is 0.322 e. The molecular formula is C13H15N3O3S. The van der Waals surface area contributed by atoms with Crippen LogP contribution in [0.2, 0.25) is 0 Å². The molecule has 0 bridgehead atoms. The lowest BCUT2D eigenvalue weighted by molar-refractivity contribution is -0.123. The monoisotopic (exact) mass is 293 g/mol. The molecule has 6 nitrogen and oxygen atoms in total. The standard InChI is InChI=1S/C13H15N3O3S/c1-7-5-9(8(2)20-7)10(17)16-4-3-13(6-16)11(18)14-12(19)15-13/h5H,3-4,6H2,1-2H3,(H2,14,15,18,19)/t13-/m1/s1. The minimum Gasteiger partial charge on any atom is -0.336 e. The fraction of sp³-hybridized carbons (Fsp3) is 0.462. The van der Waals surface area contributed by atoms with Gasteiger partial charge < -0.3 is 10.2 Å². The van der Waals surface area contributed by atoms with Crippen molar-refractivity contribution < 1.29 is 14.4 Å². The van der Waals surface area contributed by atoms with Crippen molar-refractivity contribution in [1.82, 2.24) is 15.5 Å². The van der Waals surface area contributed by atoms with Gasteiger partial charge >= 0.3 is 6.03 Å². The Bertz CT molecular complexity index is 624. The summed E-state index contributed by atoms with van der Waals surface area (Å²) in [5, 5.41) is 4.88. The molecule has 2 aliphatic rings. The van der Waals surface area contributed by atoms with Crippen molar-refractivity contribution in [3.63, 3.8) is 0 Å². The second-order valence-corrected chi connectivity index (χ2v) is 6.75. The molecule has 1 aromatic rings. The van der Waals surface area contributed by atoms with E-state index in [-0.39, 0.29) is 18.4 Å². The van der Waals surface area contributed by atoms with Crippen molar-refractivity contribution in [2.75, 3.05) is 13.1 Å². The molecule has 106 valence electrons. The number of thiophene rings is 1. The van der Waals surface area contributed by atoms with Gasteiger partial charge in [0.1, 0.15) is 5.54 Å². The Hall–Kier alpha value is -1.89. The molecule has 2 saturated heterocycles. The topological polar surface area (TPSA) is 78.5 Å². The first-order valence-electron chi connectivity index (χ1n) is 6.41. The second kappa shape index (κ2) is 4.31. The number of hydrogen-bond donors (Lipinski definition) is 2. The maximum absolute atomic E-state index is 12.5. The molecule has 0 saturated carbocycles. The van der Waals surface area contributed by atoms with E-state index in [1.807, 2.05) is 19.9 Å². The average molecular weight is 293 g/mol. The number of amides is 4. The minimum atomic E-state index is -0.939. The van der Waals surface area contributed by atoms with Gasteiger partial charge in [-0.3, -0.25) is 14.9 Å². The summed E-state index contributed by atoms with van der Waals surface area (Å²) in [5.74, 6) is -0.409. The molecule has 7 heteroatoms. The Labute approximate surface area is 120 Å². The Kier molecular flexibility index (Phi) is 2.82. The smallest absolute Gasteiger partial charge is 0.322 e. The summed E-state index contributed by atoms with van der Waals surface area (Å²) in [6.07, 6.45) is 0.457. The van der Waals surface area contributed by atoms with Crippen LogP contribution in [0.5, 0.6) is 0 Å². The molecule has 2 fully saturated rings. The summed E-state index contributed by atoms with van der Waals surface area (Å²) in [7, 11) is 0. The quantitative estimate of drug-likeness (QED) is 0.751. The highest BCUT2D eigenvalue weighted by molar-refractivity contribution is 7.12. The zero-order chi connectivity index (χ0) is 14.5. The van der Waals surface area contributed by atoms with Gasteiger partial charge in [-0.2, -0.15) is 0 Å². The molecule has 2 aliphatic heterocycles. The molecule has 0 radical (unpaired) electrons. The molecule has 1 spiro atoms. The summed E-state index contributed by atoms with van der Waals surface area (Å²) in [6.45, 7) is 4.59. The predicted octanol–water partition coefficient (Wildman–Crippen LogP) is 0.789. The number of carbonyl (C=O) groups excluding carboxylic acids is 3. The van der Waals surface area contributed by atoms with Crippen LogP contribution in [-0.2, 0) is 4.79 Å². The van der Waals surface area contributed by atoms with Crippen LogP contribution in [0.25, 0.3) is 0 Å². The highest BCUT2D eigenvalue weighted by atomic mass is 32.1. The van der Waals surface area contributed by atoms with Crippen molar-refractivity contribution in [2.24, 2.45) is 0 Å². The van der Waals surface area contributed by atoms with Gasteiger partial charge in [0.05, 0.1) is 12.1 Å². The van der Waals surface area contributed by atoms with Crippen LogP contribution >= 0.6 is 11.3 Å². The third kappa shape index (κ3) is 1.89. The van der Waals surface area contributed by atoms with E-state index in [0.29, 0.717) is 18.5 Å². The van der Waals surface area contributed by atoms with Gasteiger partial charge in [0.15, 0.2) is 0 Å². The van der Waals surface area contributed by atoms with Crippen LogP contribution in [0.15, 0.2) is 6.07 Å². The first kappa shape index (κ1) is 13.1. The number of urea groups is 1. The molecule has 4 amide bonds. The van der Waals surface area contributed by atoms with Crippen LogP contribution in [0, 0.1) is 13.8 Å². The number of rotatable bonds is 1. The highest BCUT2D eigenvalue weighted by Gasteiger charge is 2.51. The fourth-order valence-electron chi connectivity index (χ4n) is 2.81. The van der Waals surface area contributed by atoms with E-state index in [4.69, 9.17) is 0 Å². The number of aryl methyl sites for hydroxylation is 2. The average Bonchev–Trinajstić information content (AvgIpc) is 3.00. The number of imide groups is 1. The number of hydrogen-bond acceptors (Lipinski definition) is 4. The first-order valence-corrected chi connectivity index (χ1v) is 7.23. The van der Waals surface area contributed by atoms with Crippen molar-refractivity contribution in [3.05, 3.63) is 21.4 Å². The zero-order valence-electron chi connectivity index (χ0n) is 11.3. The van der Waals surface area contributed by atoms with Crippen LogP contribution in [0.4, 0.5) is 4.79 Å². The van der Waals surface area contributed by atoms with Crippen LogP contribution in [0.1, 0.15) is 26.5 Å². The lowest BCUT2D eigenvalue weighted by Crippen LogP contribution is -2.49. The molecule has 1 aromatic heterocycles. The highest BCUT2D eigenvalue weighted by Crippen LogP contribution is 2.28. The lowest BCUT2D eigenvalue weighted by Gasteiger charge is -2.21. The van der Waals surface area contributed by atoms with Gasteiger partial charge in [0.25, 0.3) is 11.8 Å². The van der Waals surface area contributed by atoms with Crippen LogP contribution < -0.4 is 10.6 Å². The van der Waals surface area contributed by atoms with Crippen molar-refractivity contribution >= 4 is 29.2 Å². The normalized spacial score (nSPS) is 25.2. The van der Waals surface area contributed by atoms with Crippen molar-refractivity contribution in [3.8, 4) is 0 Å². The minimum absolute atomic E-state index is 0.0716. The van der Waals surface area contributed by atoms with Gasteiger partial charge in [0, 0.05) is 16.3 Å². The largest absolute Gasteiger partial charge is 0.336 e. The SMILES string of the molecule is Cc1cc(C(=O)N2CC[C@]3(C2)NC(=O)NC3=O)c(C)s1. The van der Waals surface area contributed by atoms with Crippen molar-refractivity contribution in [1.29, 1.82) is 0 Å². The van der Waals surface area contributed by atoms with Crippen LogP contribution in [-0.4, -0.2) is 41.4 Å². The van der Waals surface area contributed by atoms with Gasteiger partial charge in [-0.25, -0.2) is 4.79 Å². The van der Waals surface area contributed by atoms with Crippen molar-refractivity contribution in [2.45, 2.75) is 25.8 Å². The molecule has 1 atom stereocenters. The molecule has 0 aromatic carbocycles. The number of carbonyl (C=O) groups is 3. The first-order chi connectivity index (χ1) is 9.41. The summed E-state index contributed by atoms with van der Waals surface area (Å²) in [6, 6.07) is 1.40. The van der Waals surface area contributed by atoms with Crippen LogP contribution in [0.3, 0.4) is 0 Å². The predicted molar refractivity (Wildman–Crippen MR) is 73.7 cm³/mol. The maximum atomic E-state index is 12.5. The van der Waals surface area contributed by atoms with E-state index < -0.39 is 11.6 Å². The van der Waals surface area contributed by atoms with E-state index in [1.54, 1.807) is 16.2 Å². The Balaban J connectivity index is 1.81. The number of likely N-dealkylation sites (tertiary alicyclic amines) is 1. The Morgan fingerprint density at radius 3 is 2.70 bits per heavy atom. The van der Waals surface area contributed by atoms with Gasteiger partial charge in [-0.1, -0.05) is 0 Å². The van der Waals surface area contributed by atoms with E-state index in [1.165, 1.54) is 0 Å². The zero-order valence-corrected chi connectivity index (χ0v) is 12.1. The van der Waals surface area contributed by atoms with E-state index >= 15 is 0 Å². The second-order valence-electron chi connectivity index (χ2n) is 5.29. The van der Waals surface area contributed by atoms with Gasteiger partial charge in [-0.05, 0) is 26.3 Å². The molecular weight excluding hydrogens is 278 g/mol. The number of nitrogens with zero attached hydrogens (tertiary/aromatic N) is 1.